The van der Waals surface area contributed by atoms with Gasteiger partial charge in [-0.2, -0.15) is 57.1 Å². The molecule has 0 aliphatic carbocycles. The molecule has 0 radical (unpaired) electrons. The molecule has 0 saturated heterocycles. The highest BCUT2D eigenvalue weighted by molar-refractivity contribution is 14.1. The SMILES string of the molecule is FC(F)(F)C(F)(F)C(F)(F)C(F)(F)C(F)(F)C(F)(F)I. The standard InChI is InChI=1S/C6F13I/c7-1(8,3(11,12)5(15,16)17)2(9,10)4(13,14)6(18,19)20. The van der Waals surface area contributed by atoms with Crippen LogP contribution in [-0.2, 0) is 0 Å². The fraction of sp³-hybridized carbons (Fsp3) is 1.00. The monoisotopic (exact) mass is 446 g/mol. The highest BCUT2D eigenvalue weighted by atomic mass is 127. The first-order valence-corrected chi connectivity index (χ1v) is 4.97. The summed E-state index contributed by atoms with van der Waals surface area (Å²) >= 11 is -0.789. The van der Waals surface area contributed by atoms with Gasteiger partial charge in [-0.25, -0.2) is 0 Å². The molecule has 0 aliphatic heterocycles. The lowest BCUT2D eigenvalue weighted by Gasteiger charge is -2.38. The smallest absolute Gasteiger partial charge is 0.192 e. The minimum atomic E-state index is -7.81. The van der Waals surface area contributed by atoms with Crippen molar-refractivity contribution in [3.63, 3.8) is 0 Å². The van der Waals surface area contributed by atoms with E-state index in [4.69, 9.17) is 0 Å². The van der Waals surface area contributed by atoms with E-state index in [1.165, 1.54) is 0 Å². The first-order valence-electron chi connectivity index (χ1n) is 3.90. The van der Waals surface area contributed by atoms with E-state index in [1.807, 2.05) is 0 Å². The average molecular weight is 446 g/mol. The van der Waals surface area contributed by atoms with Crippen LogP contribution in [0.3, 0.4) is 0 Å². The zero-order valence-corrected chi connectivity index (χ0v) is 10.4. The minimum absolute atomic E-state index is 0.789. The average Bonchev–Trinajstić information content (AvgIpc) is 2.12. The van der Waals surface area contributed by atoms with Crippen molar-refractivity contribution in [2.75, 3.05) is 0 Å². The Morgan fingerprint density at radius 1 is 0.400 bits per heavy atom. The van der Waals surface area contributed by atoms with Gasteiger partial charge < -0.3 is 0 Å². The summed E-state index contributed by atoms with van der Waals surface area (Å²) in [6.07, 6.45) is -7.36. The van der Waals surface area contributed by atoms with Gasteiger partial charge in [0, 0.05) is 22.6 Å². The lowest BCUT2D eigenvalue weighted by atomic mass is 9.98. The molecule has 0 aromatic carbocycles. The molecule has 122 valence electrons. The van der Waals surface area contributed by atoms with Crippen LogP contribution in [0.15, 0.2) is 0 Å². The zero-order chi connectivity index (χ0) is 17.0. The van der Waals surface area contributed by atoms with Crippen LogP contribution in [0.5, 0.6) is 0 Å². The number of rotatable bonds is 4. The fourth-order valence-electron chi connectivity index (χ4n) is 0.750. The molecule has 0 aromatic rings. The van der Waals surface area contributed by atoms with Crippen molar-refractivity contribution in [3.05, 3.63) is 0 Å². The maximum Gasteiger partial charge on any atom is 0.460 e. The largest absolute Gasteiger partial charge is 0.460 e. The maximum absolute atomic E-state index is 12.5. The predicted octanol–water partition coefficient (Wildman–Crippen LogP) is 5.12. The van der Waals surface area contributed by atoms with Crippen molar-refractivity contribution in [1.29, 1.82) is 0 Å². The summed E-state index contributed by atoms with van der Waals surface area (Å²) in [5.74, 6) is -30.3. The topological polar surface area (TPSA) is 0 Å². The van der Waals surface area contributed by atoms with E-state index in [2.05, 4.69) is 0 Å². The Hall–Kier alpha value is -0.180. The number of halogens is 14. The summed E-state index contributed by atoms with van der Waals surface area (Å²) in [7, 11) is 0. The molecule has 0 aromatic heterocycles. The van der Waals surface area contributed by atoms with Crippen LogP contribution in [-0.4, -0.2) is 33.8 Å². The molecule has 0 spiro atoms. The summed E-state index contributed by atoms with van der Waals surface area (Å²) in [5, 5.41) is 0. The van der Waals surface area contributed by atoms with Gasteiger partial charge in [-0.3, -0.25) is 0 Å². The Morgan fingerprint density at radius 2 is 0.650 bits per heavy atom. The molecular formula is C6F13I. The molecule has 0 aliphatic rings. The summed E-state index contributed by atoms with van der Waals surface area (Å²) in [5.41, 5.74) is 0. The van der Waals surface area contributed by atoms with Gasteiger partial charge in [0.2, 0.25) is 0 Å². The van der Waals surface area contributed by atoms with Crippen molar-refractivity contribution in [2.45, 2.75) is 33.8 Å². The van der Waals surface area contributed by atoms with Crippen LogP contribution in [0.25, 0.3) is 0 Å². The van der Waals surface area contributed by atoms with Gasteiger partial charge in [-0.15, -0.1) is 0 Å². The molecule has 0 atom stereocenters. The predicted molar refractivity (Wildman–Crippen MR) is 44.8 cm³/mol. The van der Waals surface area contributed by atoms with Gasteiger partial charge in [-0.05, 0) is 0 Å². The fourth-order valence-corrected chi connectivity index (χ4v) is 1.09. The van der Waals surface area contributed by atoms with E-state index >= 15 is 0 Å². The Bertz CT molecular complexity index is 324. The molecule has 0 fully saturated rings. The van der Waals surface area contributed by atoms with E-state index in [9.17, 15) is 57.1 Å². The second-order valence-electron chi connectivity index (χ2n) is 3.29. The van der Waals surface area contributed by atoms with Crippen molar-refractivity contribution in [1.82, 2.24) is 0 Å². The molecule has 14 heteroatoms. The van der Waals surface area contributed by atoms with E-state index < -0.39 is 56.4 Å². The Balaban J connectivity index is 6.08. The van der Waals surface area contributed by atoms with Crippen LogP contribution >= 0.6 is 22.6 Å². The molecular weight excluding hydrogens is 446 g/mol. The third-order valence-corrected chi connectivity index (χ3v) is 2.57. The van der Waals surface area contributed by atoms with Gasteiger partial charge >= 0.3 is 33.8 Å². The van der Waals surface area contributed by atoms with Crippen molar-refractivity contribution in [3.8, 4) is 0 Å². The molecule has 0 rings (SSSR count). The van der Waals surface area contributed by atoms with Crippen LogP contribution in [0.4, 0.5) is 57.1 Å². The molecule has 0 unspecified atom stereocenters. The molecule has 0 saturated carbocycles. The van der Waals surface area contributed by atoms with Crippen molar-refractivity contribution in [2.24, 2.45) is 0 Å². The Labute approximate surface area is 114 Å². The van der Waals surface area contributed by atoms with E-state index in [0.29, 0.717) is 0 Å². The summed E-state index contributed by atoms with van der Waals surface area (Å²) in [6, 6.07) is 0. The van der Waals surface area contributed by atoms with Gasteiger partial charge in [0.1, 0.15) is 0 Å². The van der Waals surface area contributed by atoms with E-state index in [0.717, 1.165) is 0 Å². The van der Waals surface area contributed by atoms with Crippen LogP contribution < -0.4 is 0 Å². The van der Waals surface area contributed by atoms with Crippen LogP contribution in [0, 0.1) is 0 Å². The normalized spacial score (nSPS) is 16.5. The zero-order valence-electron chi connectivity index (χ0n) is 8.29. The molecule has 20 heavy (non-hydrogen) atoms. The molecule has 0 heterocycles. The third-order valence-electron chi connectivity index (χ3n) is 1.90. The summed E-state index contributed by atoms with van der Waals surface area (Å²) in [6.45, 7) is 0. The Kier molecular flexibility index (Phi) is 4.62. The minimum Gasteiger partial charge on any atom is -0.192 e. The first kappa shape index (κ1) is 19.8. The van der Waals surface area contributed by atoms with Crippen molar-refractivity contribution >= 4 is 22.6 Å². The van der Waals surface area contributed by atoms with E-state index in [1.54, 1.807) is 0 Å². The van der Waals surface area contributed by atoms with Crippen LogP contribution in [0.2, 0.25) is 0 Å². The van der Waals surface area contributed by atoms with E-state index in [-0.39, 0.29) is 0 Å². The molecule has 0 bridgehead atoms. The quantitative estimate of drug-likeness (QED) is 0.320. The second kappa shape index (κ2) is 4.66. The molecule has 0 N–H and O–H groups in total. The number of hydrogen-bond acceptors (Lipinski definition) is 0. The third kappa shape index (κ3) is 2.51. The number of alkyl halides is 14. The molecule has 0 amide bonds. The van der Waals surface area contributed by atoms with Gasteiger partial charge in [-0.1, -0.05) is 0 Å². The number of hydrogen-bond donors (Lipinski definition) is 0. The lowest BCUT2D eigenvalue weighted by Crippen LogP contribution is -2.69. The molecule has 0 nitrogen and oxygen atoms in total. The lowest BCUT2D eigenvalue weighted by molar-refractivity contribution is -0.431. The first-order chi connectivity index (χ1) is 8.25. The second-order valence-corrected chi connectivity index (χ2v) is 4.65. The highest BCUT2D eigenvalue weighted by Crippen LogP contribution is 2.61. The summed E-state index contributed by atoms with van der Waals surface area (Å²) < 4.78 is 152. The maximum atomic E-state index is 12.5. The van der Waals surface area contributed by atoms with Gasteiger partial charge in [0.25, 0.3) is 0 Å². The van der Waals surface area contributed by atoms with Crippen LogP contribution in [0.1, 0.15) is 0 Å². The highest BCUT2D eigenvalue weighted by Gasteiger charge is 2.90. The Morgan fingerprint density at radius 3 is 0.850 bits per heavy atom. The van der Waals surface area contributed by atoms with Gasteiger partial charge in [0.05, 0.1) is 0 Å². The van der Waals surface area contributed by atoms with Crippen molar-refractivity contribution < 1.29 is 57.1 Å². The van der Waals surface area contributed by atoms with Gasteiger partial charge in [0.15, 0.2) is 0 Å². The summed E-state index contributed by atoms with van der Waals surface area (Å²) in [4.78, 5) is 0.